The Morgan fingerprint density at radius 1 is 1.19 bits per heavy atom. The second-order valence-corrected chi connectivity index (χ2v) is 12.9. The van der Waals surface area contributed by atoms with Gasteiger partial charge in [-0.05, 0) is 89.1 Å². The van der Waals surface area contributed by atoms with Gasteiger partial charge in [0.15, 0.2) is 0 Å². The Morgan fingerprint density at radius 3 is 2.71 bits per heavy atom. The van der Waals surface area contributed by atoms with Gasteiger partial charge in [-0.15, -0.1) is 11.8 Å². The molecule has 3 aromatic rings. The SMILES string of the molecule is COc1ccc2ncc(F)c(CC(NC(=O)OC(C)(C)C)C3CCC(NCc4ccc5c(n4)NC(=O)CS5)CC3)c2c1. The predicted molar refractivity (Wildman–Crippen MR) is 161 cm³/mol. The molecule has 1 unspecified atom stereocenters. The van der Waals surface area contributed by atoms with E-state index in [0.717, 1.165) is 36.3 Å². The fraction of sp³-hybridized carbons (Fsp3) is 0.484. The standard InChI is InChI=1S/C31H38FN5O4S/c1-31(2,3)41-30(39)36-26(14-22-23-13-21(40-4)10-11-25(23)34-16-24(22)32)18-5-7-19(8-6-18)33-15-20-9-12-27-29(35-20)37-28(38)17-42-27/h9-13,16,18-19,26,33H,5-8,14-15,17H2,1-4H3,(H,36,39)(H,35,37,38). The number of carbonyl (C=O) groups is 2. The first kappa shape index (κ1) is 30.0. The summed E-state index contributed by atoms with van der Waals surface area (Å²) in [6.07, 6.45) is 4.57. The fourth-order valence-corrected chi connectivity index (χ4v) is 6.38. The number of aromatic nitrogens is 2. The first-order chi connectivity index (χ1) is 20.1. The van der Waals surface area contributed by atoms with Crippen LogP contribution in [-0.2, 0) is 22.5 Å². The molecule has 2 aromatic heterocycles. The van der Waals surface area contributed by atoms with Crippen LogP contribution in [0.25, 0.3) is 10.9 Å². The van der Waals surface area contributed by atoms with Crippen molar-refractivity contribution in [1.82, 2.24) is 20.6 Å². The molecule has 0 radical (unpaired) electrons. The summed E-state index contributed by atoms with van der Waals surface area (Å²) in [5.74, 6) is 1.36. The van der Waals surface area contributed by atoms with Crippen LogP contribution in [0.4, 0.5) is 15.0 Å². The number of ether oxygens (including phenoxy) is 2. The lowest BCUT2D eigenvalue weighted by Gasteiger charge is -2.35. The normalized spacial score (nSPS) is 19.5. The molecule has 5 rings (SSSR count). The van der Waals surface area contributed by atoms with Gasteiger partial charge in [0.25, 0.3) is 0 Å². The topological polar surface area (TPSA) is 114 Å². The molecule has 2 aliphatic rings. The number of halogens is 1. The Bertz CT molecular complexity index is 1460. The first-order valence-electron chi connectivity index (χ1n) is 14.3. The van der Waals surface area contributed by atoms with E-state index in [9.17, 15) is 9.59 Å². The lowest BCUT2D eigenvalue weighted by atomic mass is 9.79. The van der Waals surface area contributed by atoms with Crippen LogP contribution in [0, 0.1) is 11.7 Å². The number of thioether (sulfide) groups is 1. The van der Waals surface area contributed by atoms with E-state index in [1.54, 1.807) is 19.2 Å². The van der Waals surface area contributed by atoms with E-state index in [-0.39, 0.29) is 23.9 Å². The van der Waals surface area contributed by atoms with Crippen molar-refractivity contribution in [2.24, 2.45) is 5.92 Å². The van der Waals surface area contributed by atoms with Crippen LogP contribution in [0.15, 0.2) is 41.4 Å². The van der Waals surface area contributed by atoms with Crippen LogP contribution >= 0.6 is 11.8 Å². The number of nitrogens with zero attached hydrogens (tertiary/aromatic N) is 2. The molecule has 1 saturated carbocycles. The number of rotatable bonds is 8. The largest absolute Gasteiger partial charge is 0.497 e. The highest BCUT2D eigenvalue weighted by Crippen LogP contribution is 2.33. The summed E-state index contributed by atoms with van der Waals surface area (Å²) < 4.78 is 26.2. The Labute approximate surface area is 249 Å². The van der Waals surface area contributed by atoms with Gasteiger partial charge >= 0.3 is 6.09 Å². The van der Waals surface area contributed by atoms with Crippen LogP contribution in [0.1, 0.15) is 57.7 Å². The minimum atomic E-state index is -0.648. The molecule has 1 atom stereocenters. The van der Waals surface area contributed by atoms with E-state index in [4.69, 9.17) is 9.47 Å². The highest BCUT2D eigenvalue weighted by Gasteiger charge is 2.31. The van der Waals surface area contributed by atoms with Crippen LogP contribution in [0.2, 0.25) is 0 Å². The zero-order chi connectivity index (χ0) is 29.9. The van der Waals surface area contributed by atoms with E-state index < -0.39 is 17.5 Å². The molecule has 1 fully saturated rings. The van der Waals surface area contributed by atoms with E-state index in [1.807, 2.05) is 39.0 Å². The van der Waals surface area contributed by atoms with Crippen LogP contribution < -0.4 is 20.7 Å². The van der Waals surface area contributed by atoms with Gasteiger partial charge in [-0.3, -0.25) is 9.78 Å². The quantitative estimate of drug-likeness (QED) is 0.308. The summed E-state index contributed by atoms with van der Waals surface area (Å²) in [7, 11) is 1.57. The molecule has 1 aliphatic heterocycles. The molecule has 2 amide bonds. The Morgan fingerprint density at radius 2 is 1.98 bits per heavy atom. The average molecular weight is 596 g/mol. The molecule has 11 heteroatoms. The second kappa shape index (κ2) is 12.8. The number of benzene rings is 1. The highest BCUT2D eigenvalue weighted by atomic mass is 32.2. The zero-order valence-corrected chi connectivity index (χ0v) is 25.3. The van der Waals surface area contributed by atoms with Crippen molar-refractivity contribution < 1.29 is 23.5 Å². The fourth-order valence-electron chi connectivity index (χ4n) is 5.63. The van der Waals surface area contributed by atoms with Crippen LogP contribution in [0.3, 0.4) is 0 Å². The summed E-state index contributed by atoms with van der Waals surface area (Å²) in [5, 5.41) is 10.2. The van der Waals surface area contributed by atoms with Crippen molar-refractivity contribution in [1.29, 1.82) is 0 Å². The van der Waals surface area contributed by atoms with Crippen molar-refractivity contribution in [3.05, 3.63) is 53.6 Å². The van der Waals surface area contributed by atoms with Crippen molar-refractivity contribution in [2.75, 3.05) is 18.2 Å². The van der Waals surface area contributed by atoms with Gasteiger partial charge in [0.05, 0.1) is 35.2 Å². The predicted octanol–water partition coefficient (Wildman–Crippen LogP) is 5.61. The summed E-state index contributed by atoms with van der Waals surface area (Å²) in [5.41, 5.74) is 1.40. The molecule has 0 spiro atoms. The number of fused-ring (bicyclic) bond motifs is 2. The number of methoxy groups -OCH3 is 1. The van der Waals surface area contributed by atoms with Gasteiger partial charge in [-0.1, -0.05) is 0 Å². The van der Waals surface area contributed by atoms with E-state index in [0.29, 0.717) is 46.8 Å². The van der Waals surface area contributed by atoms with Crippen molar-refractivity contribution in [2.45, 2.75) is 82.0 Å². The van der Waals surface area contributed by atoms with E-state index >= 15 is 4.39 Å². The average Bonchev–Trinajstić information content (AvgIpc) is 2.95. The van der Waals surface area contributed by atoms with Gasteiger partial charge in [0.1, 0.15) is 23.0 Å². The van der Waals surface area contributed by atoms with Gasteiger partial charge in [-0.25, -0.2) is 14.2 Å². The number of pyridine rings is 2. The third-order valence-corrected chi connectivity index (χ3v) is 8.75. The Balaban J connectivity index is 1.27. The molecular weight excluding hydrogens is 557 g/mol. The number of nitrogens with one attached hydrogen (secondary N) is 3. The molecule has 1 aromatic carbocycles. The molecular formula is C31H38FN5O4S. The number of amides is 2. The van der Waals surface area contributed by atoms with Gasteiger partial charge in [0.2, 0.25) is 5.91 Å². The molecule has 1 aliphatic carbocycles. The van der Waals surface area contributed by atoms with Gasteiger partial charge in [-0.2, -0.15) is 0 Å². The highest BCUT2D eigenvalue weighted by molar-refractivity contribution is 8.00. The maximum atomic E-state index is 15.3. The zero-order valence-electron chi connectivity index (χ0n) is 24.5. The Hall–Kier alpha value is -3.44. The molecule has 42 heavy (non-hydrogen) atoms. The third-order valence-electron chi connectivity index (χ3n) is 7.71. The number of alkyl carbamates (subject to hydrolysis) is 1. The Kier molecular flexibility index (Phi) is 9.17. The number of anilines is 1. The number of carbonyl (C=O) groups excluding carboxylic acids is 2. The van der Waals surface area contributed by atoms with Crippen molar-refractivity contribution >= 4 is 40.5 Å². The van der Waals surface area contributed by atoms with Crippen molar-refractivity contribution in [3.8, 4) is 5.75 Å². The van der Waals surface area contributed by atoms with E-state index in [2.05, 4.69) is 25.9 Å². The molecule has 224 valence electrons. The van der Waals surface area contributed by atoms with E-state index in [1.165, 1.54) is 18.0 Å². The molecule has 0 bridgehead atoms. The molecule has 3 heterocycles. The lowest BCUT2D eigenvalue weighted by Crippen LogP contribution is -2.46. The number of hydrogen-bond donors (Lipinski definition) is 3. The van der Waals surface area contributed by atoms with Gasteiger partial charge in [0, 0.05) is 29.6 Å². The van der Waals surface area contributed by atoms with Gasteiger partial charge < -0.3 is 25.4 Å². The number of hydrogen-bond acceptors (Lipinski definition) is 8. The van der Waals surface area contributed by atoms with Crippen LogP contribution in [0.5, 0.6) is 5.75 Å². The van der Waals surface area contributed by atoms with Crippen molar-refractivity contribution in [3.63, 3.8) is 0 Å². The van der Waals surface area contributed by atoms with Crippen LogP contribution in [-0.4, -0.2) is 52.5 Å². The maximum Gasteiger partial charge on any atom is 0.407 e. The first-order valence-corrected chi connectivity index (χ1v) is 15.3. The summed E-state index contributed by atoms with van der Waals surface area (Å²) in [6, 6.07) is 9.37. The molecule has 9 nitrogen and oxygen atoms in total. The smallest absolute Gasteiger partial charge is 0.407 e. The summed E-state index contributed by atoms with van der Waals surface area (Å²) in [4.78, 5) is 34.5. The second-order valence-electron chi connectivity index (χ2n) is 11.9. The third kappa shape index (κ3) is 7.49. The lowest BCUT2D eigenvalue weighted by molar-refractivity contribution is -0.113. The molecule has 3 N–H and O–H groups in total. The maximum absolute atomic E-state index is 15.3. The summed E-state index contributed by atoms with van der Waals surface area (Å²) in [6.45, 7) is 6.07. The minimum absolute atomic E-state index is 0.0308. The minimum Gasteiger partial charge on any atom is -0.497 e. The molecule has 0 saturated heterocycles. The summed E-state index contributed by atoms with van der Waals surface area (Å²) >= 11 is 1.50. The monoisotopic (exact) mass is 595 g/mol.